The van der Waals surface area contributed by atoms with Crippen LogP contribution in [0.3, 0.4) is 0 Å². The Morgan fingerprint density at radius 3 is 2.96 bits per heavy atom. The van der Waals surface area contributed by atoms with Crippen molar-refractivity contribution in [3.05, 3.63) is 64.6 Å². The second-order valence-corrected chi connectivity index (χ2v) is 6.38. The Bertz CT molecular complexity index is 1130. The van der Waals surface area contributed by atoms with Gasteiger partial charge in [-0.25, -0.2) is 0 Å². The Balaban J connectivity index is 1.93. The second-order valence-electron chi connectivity index (χ2n) is 6.38. The van der Waals surface area contributed by atoms with Crippen molar-refractivity contribution in [1.29, 1.82) is 0 Å². The van der Waals surface area contributed by atoms with Crippen molar-refractivity contribution >= 4 is 10.9 Å². The molecule has 1 aromatic carbocycles. The van der Waals surface area contributed by atoms with E-state index in [1.54, 1.807) is 25.1 Å². The molecule has 0 spiro atoms. The molecule has 0 radical (unpaired) electrons. The van der Waals surface area contributed by atoms with Crippen LogP contribution >= 0.6 is 0 Å². The molecule has 0 saturated heterocycles. The zero-order valence-electron chi connectivity index (χ0n) is 20.9. The zero-order valence-corrected chi connectivity index (χ0v) is 13.9. The summed E-state index contributed by atoms with van der Waals surface area (Å²) in [5.41, 5.74) is 3.83. The summed E-state index contributed by atoms with van der Waals surface area (Å²) in [6.07, 6.45) is -0.658. The molecule has 0 N–H and O–H groups in total. The molecular weight excluding hydrogens is 294 g/mol. The molecule has 24 heavy (non-hydrogen) atoms. The van der Waals surface area contributed by atoms with E-state index in [1.165, 1.54) is 15.7 Å². The van der Waals surface area contributed by atoms with E-state index in [1.807, 2.05) is 19.1 Å². The number of likely N-dealkylation sites (N-methyl/N-ethyl adjacent to an activating group) is 1. The van der Waals surface area contributed by atoms with Crippen molar-refractivity contribution in [2.75, 3.05) is 13.5 Å². The van der Waals surface area contributed by atoms with E-state index in [9.17, 15) is 0 Å². The van der Waals surface area contributed by atoms with Gasteiger partial charge in [-0.2, -0.15) is 0 Å². The van der Waals surface area contributed by atoms with Crippen LogP contribution in [0.25, 0.3) is 10.9 Å². The van der Waals surface area contributed by atoms with Gasteiger partial charge in [0.05, 0.1) is 2.74 Å². The van der Waals surface area contributed by atoms with Crippen LogP contribution in [-0.4, -0.2) is 28.0 Å². The van der Waals surface area contributed by atoms with Crippen LogP contribution in [0.2, 0.25) is 0 Å². The van der Waals surface area contributed by atoms with E-state index in [-0.39, 0.29) is 18.7 Å². The fourth-order valence-corrected chi connectivity index (χ4v) is 3.26. The Kier molecular flexibility index (Phi) is 2.37. The number of pyridine rings is 1. The van der Waals surface area contributed by atoms with E-state index >= 15 is 0 Å². The number of aromatic nitrogens is 2. The molecular formula is C21H25N3. The first-order valence-electron chi connectivity index (χ1n) is 11.7. The molecule has 0 unspecified atom stereocenters. The minimum Gasteiger partial charge on any atom is -0.344 e. The minimum absolute atomic E-state index is 0.158. The lowest BCUT2D eigenvalue weighted by Crippen LogP contribution is -2.27. The van der Waals surface area contributed by atoms with Crippen LogP contribution in [0, 0.1) is 13.8 Å². The van der Waals surface area contributed by atoms with Crippen molar-refractivity contribution in [3.63, 3.8) is 0 Å². The van der Waals surface area contributed by atoms with Gasteiger partial charge in [0, 0.05) is 61.3 Å². The van der Waals surface area contributed by atoms with E-state index < -0.39 is 19.8 Å². The van der Waals surface area contributed by atoms with Gasteiger partial charge in [-0.1, -0.05) is 17.7 Å². The fourth-order valence-electron chi connectivity index (χ4n) is 3.26. The molecule has 1 aliphatic rings. The molecule has 3 nitrogen and oxygen atoms in total. The molecule has 4 rings (SSSR count). The summed E-state index contributed by atoms with van der Waals surface area (Å²) in [7, 11) is 0. The molecule has 0 bridgehead atoms. The van der Waals surface area contributed by atoms with Crippen LogP contribution in [0.1, 0.15) is 37.7 Å². The van der Waals surface area contributed by atoms with E-state index in [2.05, 4.69) is 4.98 Å². The maximum Gasteiger partial charge on any atom is 0.0501 e. The number of hydrogen-bond donors (Lipinski definition) is 0. The van der Waals surface area contributed by atoms with Gasteiger partial charge in [0.15, 0.2) is 0 Å². The van der Waals surface area contributed by atoms with Crippen LogP contribution in [0.15, 0.2) is 36.5 Å². The highest BCUT2D eigenvalue weighted by molar-refractivity contribution is 5.86. The summed E-state index contributed by atoms with van der Waals surface area (Å²) in [5, 5.41) is 0.769. The average molecular weight is 326 g/mol. The van der Waals surface area contributed by atoms with Crippen molar-refractivity contribution < 1.29 is 9.60 Å². The highest BCUT2D eigenvalue weighted by Gasteiger charge is 2.22. The first kappa shape index (κ1) is 9.38. The van der Waals surface area contributed by atoms with Crippen molar-refractivity contribution in [1.82, 2.24) is 14.5 Å². The van der Waals surface area contributed by atoms with Gasteiger partial charge in [-0.05, 0) is 56.5 Å². The quantitative estimate of drug-likeness (QED) is 0.728. The Hall–Kier alpha value is -2.13. The molecule has 0 fully saturated rings. The van der Waals surface area contributed by atoms with Crippen LogP contribution in [0.4, 0.5) is 0 Å². The maximum atomic E-state index is 8.93. The highest BCUT2D eigenvalue weighted by Crippen LogP contribution is 2.31. The molecule has 3 heterocycles. The number of rotatable bonds is 3. The minimum atomic E-state index is -2.42. The molecule has 0 aliphatic carbocycles. The topological polar surface area (TPSA) is 21.1 Å². The predicted molar refractivity (Wildman–Crippen MR) is 99.4 cm³/mol. The number of benzene rings is 1. The third-order valence-electron chi connectivity index (χ3n) is 4.53. The third kappa shape index (κ3) is 2.73. The third-order valence-corrected chi connectivity index (χ3v) is 4.53. The highest BCUT2D eigenvalue weighted by atomic mass is 15.1. The average Bonchev–Trinajstić information content (AvgIpc) is 3.01. The summed E-state index contributed by atoms with van der Waals surface area (Å²) in [4.78, 5) is 5.57. The standard InChI is InChI=1S/C21H25N3/c1-15-4-7-20-18(12-15)19-14-23(3)10-9-21(19)24(20)11-8-17-6-5-16(2)22-13-17/h4-7,12-13H,8-11,14H2,1-3H3/i3D3,8D2,11D2. The Morgan fingerprint density at radius 2 is 2.17 bits per heavy atom. The normalized spacial score (nSPS) is 21.0. The van der Waals surface area contributed by atoms with Gasteiger partial charge in [0.25, 0.3) is 0 Å². The molecule has 124 valence electrons. The summed E-state index contributed by atoms with van der Waals surface area (Å²) in [5.74, 6) is 0. The van der Waals surface area contributed by atoms with E-state index in [4.69, 9.17) is 9.60 Å². The number of hydrogen-bond acceptors (Lipinski definition) is 2. The zero-order chi connectivity index (χ0) is 22.8. The first-order chi connectivity index (χ1) is 14.3. The molecule has 3 heteroatoms. The van der Waals surface area contributed by atoms with Gasteiger partial charge in [-0.3, -0.25) is 4.98 Å². The molecule has 2 aromatic heterocycles. The van der Waals surface area contributed by atoms with Gasteiger partial charge >= 0.3 is 0 Å². The fraction of sp³-hybridized carbons (Fsp3) is 0.381. The smallest absolute Gasteiger partial charge is 0.0501 e. The Morgan fingerprint density at radius 1 is 1.25 bits per heavy atom. The lowest BCUT2D eigenvalue weighted by molar-refractivity contribution is 0.309. The maximum absolute atomic E-state index is 8.93. The number of nitrogens with zero attached hydrogens (tertiary/aromatic N) is 3. The molecule has 1 aliphatic heterocycles. The van der Waals surface area contributed by atoms with Crippen molar-refractivity contribution in [2.24, 2.45) is 0 Å². The molecule has 3 aromatic rings. The summed E-state index contributed by atoms with van der Waals surface area (Å²) < 4.78 is 60.1. The van der Waals surface area contributed by atoms with Crippen molar-refractivity contribution in [3.8, 4) is 0 Å². The molecule has 0 amide bonds. The Labute approximate surface area is 153 Å². The molecule has 0 saturated carbocycles. The SMILES string of the molecule is [2H]C([2H])([2H])N1CCc2c(c3cc(C)ccc3n2C([2H])([2H])C([2H])([2H])c2ccc(C)nc2)C1. The van der Waals surface area contributed by atoms with Gasteiger partial charge in [-0.15, -0.1) is 0 Å². The van der Waals surface area contributed by atoms with Crippen molar-refractivity contribution in [2.45, 2.75) is 39.7 Å². The lowest BCUT2D eigenvalue weighted by atomic mass is 10.0. The van der Waals surface area contributed by atoms with Crippen LogP contribution < -0.4 is 0 Å². The monoisotopic (exact) mass is 326 g/mol. The lowest BCUT2D eigenvalue weighted by Gasteiger charge is -2.24. The van der Waals surface area contributed by atoms with Gasteiger partial charge in [0.2, 0.25) is 0 Å². The number of fused-ring (bicyclic) bond motifs is 3. The largest absolute Gasteiger partial charge is 0.344 e. The second kappa shape index (κ2) is 6.06. The van der Waals surface area contributed by atoms with E-state index in [0.29, 0.717) is 17.6 Å². The van der Waals surface area contributed by atoms with Gasteiger partial charge in [0.1, 0.15) is 0 Å². The van der Waals surface area contributed by atoms with Crippen LogP contribution in [0.5, 0.6) is 0 Å². The summed E-state index contributed by atoms with van der Waals surface area (Å²) in [6, 6.07) is 8.82. The number of aryl methyl sites for hydroxylation is 4. The first-order valence-corrected chi connectivity index (χ1v) is 8.15. The van der Waals surface area contributed by atoms with Crippen LogP contribution in [-0.2, 0) is 25.8 Å². The molecule has 0 atom stereocenters. The summed E-state index contributed by atoms with van der Waals surface area (Å²) in [6.45, 7) is -0.513. The van der Waals surface area contributed by atoms with Gasteiger partial charge < -0.3 is 9.47 Å². The van der Waals surface area contributed by atoms with E-state index in [0.717, 1.165) is 22.2 Å². The summed E-state index contributed by atoms with van der Waals surface area (Å²) >= 11 is 0. The predicted octanol–water partition coefficient (Wildman–Crippen LogP) is 3.88.